The minimum atomic E-state index is 0.828. The monoisotopic (exact) mass is 294 g/mol. The first-order valence-electron chi connectivity index (χ1n) is 5.56. The Morgan fingerprint density at radius 1 is 1.35 bits per heavy atom. The molecule has 4 nitrogen and oxygen atoms in total. The summed E-state index contributed by atoms with van der Waals surface area (Å²) in [5, 5.41) is 7.66. The van der Waals surface area contributed by atoms with Crippen molar-refractivity contribution in [1.29, 1.82) is 0 Å². The van der Waals surface area contributed by atoms with Crippen LogP contribution >= 0.6 is 15.9 Å². The molecule has 0 amide bonds. The number of halogens is 1. The van der Waals surface area contributed by atoms with Crippen LogP contribution in [0.1, 0.15) is 18.3 Å². The molecule has 0 aliphatic rings. The molecule has 17 heavy (non-hydrogen) atoms. The fourth-order valence-electron chi connectivity index (χ4n) is 1.67. The van der Waals surface area contributed by atoms with Gasteiger partial charge >= 0.3 is 0 Å². The van der Waals surface area contributed by atoms with E-state index in [1.165, 1.54) is 0 Å². The Labute approximate surface area is 109 Å². The van der Waals surface area contributed by atoms with Crippen molar-refractivity contribution in [3.05, 3.63) is 34.1 Å². The second kappa shape index (κ2) is 4.87. The lowest BCUT2D eigenvalue weighted by molar-refractivity contribution is 0.806. The molecule has 2 aromatic heterocycles. The number of nitrogens with one attached hydrogen (secondary N) is 1. The highest BCUT2D eigenvalue weighted by molar-refractivity contribution is 9.10. The van der Waals surface area contributed by atoms with E-state index in [2.05, 4.69) is 31.3 Å². The molecule has 0 aliphatic heterocycles. The molecule has 2 rings (SSSR count). The molecule has 0 bridgehead atoms. The Kier molecular flexibility index (Phi) is 3.47. The second-order valence-electron chi connectivity index (χ2n) is 3.81. The molecule has 0 aliphatic carbocycles. The van der Waals surface area contributed by atoms with Crippen LogP contribution in [-0.4, -0.2) is 21.3 Å². The first-order valence-corrected chi connectivity index (χ1v) is 6.35. The molecule has 0 aromatic carbocycles. The van der Waals surface area contributed by atoms with Crippen molar-refractivity contribution < 1.29 is 0 Å². The van der Waals surface area contributed by atoms with Gasteiger partial charge in [0.2, 0.25) is 0 Å². The predicted octanol–water partition coefficient (Wildman–Crippen LogP) is 3.08. The van der Waals surface area contributed by atoms with Crippen molar-refractivity contribution in [3.8, 4) is 5.82 Å². The third-order valence-corrected chi connectivity index (χ3v) is 3.66. The van der Waals surface area contributed by atoms with Gasteiger partial charge in [0.15, 0.2) is 5.82 Å². The average molecular weight is 295 g/mol. The summed E-state index contributed by atoms with van der Waals surface area (Å²) >= 11 is 3.52. The van der Waals surface area contributed by atoms with Crippen molar-refractivity contribution in [2.45, 2.75) is 20.8 Å². The molecule has 0 saturated carbocycles. The lowest BCUT2D eigenvalue weighted by Crippen LogP contribution is -2.05. The minimum Gasteiger partial charge on any atom is -0.370 e. The summed E-state index contributed by atoms with van der Waals surface area (Å²) in [5.41, 5.74) is 2.03. The van der Waals surface area contributed by atoms with E-state index in [-0.39, 0.29) is 0 Å². The molecule has 0 radical (unpaired) electrons. The van der Waals surface area contributed by atoms with Crippen LogP contribution in [0.15, 0.2) is 22.7 Å². The van der Waals surface area contributed by atoms with Gasteiger partial charge in [-0.2, -0.15) is 5.10 Å². The fourth-order valence-corrected chi connectivity index (χ4v) is 1.91. The zero-order chi connectivity index (χ0) is 12.4. The van der Waals surface area contributed by atoms with Gasteiger partial charge in [0.05, 0.1) is 15.9 Å². The minimum absolute atomic E-state index is 0.828. The van der Waals surface area contributed by atoms with E-state index < -0.39 is 0 Å². The summed E-state index contributed by atoms with van der Waals surface area (Å²) in [5.74, 6) is 1.70. The van der Waals surface area contributed by atoms with E-state index in [0.717, 1.165) is 34.0 Å². The molecule has 0 fully saturated rings. The van der Waals surface area contributed by atoms with Gasteiger partial charge in [-0.25, -0.2) is 9.67 Å². The van der Waals surface area contributed by atoms with Crippen LogP contribution in [-0.2, 0) is 0 Å². The van der Waals surface area contributed by atoms with Crippen LogP contribution in [0, 0.1) is 13.8 Å². The van der Waals surface area contributed by atoms with Crippen molar-refractivity contribution >= 4 is 21.7 Å². The number of hydrogen-bond acceptors (Lipinski definition) is 3. The third kappa shape index (κ3) is 2.34. The molecule has 0 spiro atoms. The average Bonchev–Trinajstić information content (AvgIpc) is 2.58. The molecule has 90 valence electrons. The van der Waals surface area contributed by atoms with Crippen molar-refractivity contribution in [2.75, 3.05) is 11.9 Å². The summed E-state index contributed by atoms with van der Waals surface area (Å²) in [6.45, 7) is 6.90. The van der Waals surface area contributed by atoms with E-state index in [9.17, 15) is 0 Å². The van der Waals surface area contributed by atoms with E-state index in [1.54, 1.807) is 0 Å². The van der Waals surface area contributed by atoms with E-state index in [0.29, 0.717) is 0 Å². The highest BCUT2D eigenvalue weighted by Gasteiger charge is 2.11. The Morgan fingerprint density at radius 2 is 2.12 bits per heavy atom. The topological polar surface area (TPSA) is 42.7 Å². The maximum absolute atomic E-state index is 4.52. The number of hydrogen-bond donors (Lipinski definition) is 1. The first-order chi connectivity index (χ1) is 8.13. The lowest BCUT2D eigenvalue weighted by atomic mass is 10.4. The van der Waals surface area contributed by atoms with Crippen molar-refractivity contribution in [1.82, 2.24) is 14.8 Å². The number of anilines is 1. The number of aromatic nitrogens is 3. The SMILES string of the molecule is CCNc1cccc(-n2nc(C)c(Br)c2C)n1. The maximum atomic E-state index is 4.52. The molecule has 0 atom stereocenters. The van der Waals surface area contributed by atoms with E-state index in [1.807, 2.05) is 43.7 Å². The zero-order valence-electron chi connectivity index (χ0n) is 10.2. The van der Waals surface area contributed by atoms with Crippen molar-refractivity contribution in [2.24, 2.45) is 0 Å². The highest BCUT2D eigenvalue weighted by atomic mass is 79.9. The summed E-state index contributed by atoms with van der Waals surface area (Å²) in [7, 11) is 0. The molecular weight excluding hydrogens is 280 g/mol. The second-order valence-corrected chi connectivity index (χ2v) is 4.60. The van der Waals surface area contributed by atoms with Gasteiger partial charge in [-0.1, -0.05) is 6.07 Å². The number of aryl methyl sites for hydroxylation is 1. The molecule has 0 unspecified atom stereocenters. The van der Waals surface area contributed by atoms with E-state index >= 15 is 0 Å². The van der Waals surface area contributed by atoms with Gasteiger partial charge in [-0.3, -0.25) is 0 Å². The van der Waals surface area contributed by atoms with Gasteiger partial charge in [0, 0.05) is 6.54 Å². The maximum Gasteiger partial charge on any atom is 0.156 e. The standard InChI is InChI=1S/C12H15BrN4/c1-4-14-10-6-5-7-11(15-10)17-9(3)12(13)8(2)16-17/h5-7H,4H2,1-3H3,(H,14,15). The van der Waals surface area contributed by atoms with Crippen LogP contribution < -0.4 is 5.32 Å². The van der Waals surface area contributed by atoms with E-state index in [4.69, 9.17) is 0 Å². The third-order valence-electron chi connectivity index (χ3n) is 2.51. The quantitative estimate of drug-likeness (QED) is 0.946. The largest absolute Gasteiger partial charge is 0.370 e. The van der Waals surface area contributed by atoms with Crippen LogP contribution in [0.4, 0.5) is 5.82 Å². The molecular formula is C12H15BrN4. The fraction of sp³-hybridized carbons (Fsp3) is 0.333. The lowest BCUT2D eigenvalue weighted by Gasteiger charge is -2.06. The molecule has 1 N–H and O–H groups in total. The molecule has 2 aromatic rings. The summed E-state index contributed by atoms with van der Waals surface area (Å²) in [6, 6.07) is 5.88. The summed E-state index contributed by atoms with van der Waals surface area (Å²) in [4.78, 5) is 4.52. The summed E-state index contributed by atoms with van der Waals surface area (Å²) in [6.07, 6.45) is 0. The van der Waals surface area contributed by atoms with Crippen LogP contribution in [0.25, 0.3) is 5.82 Å². The van der Waals surface area contributed by atoms with Crippen LogP contribution in [0.2, 0.25) is 0 Å². The smallest absolute Gasteiger partial charge is 0.156 e. The number of rotatable bonds is 3. The van der Waals surface area contributed by atoms with Gasteiger partial charge in [-0.05, 0) is 48.8 Å². The molecule has 5 heteroatoms. The highest BCUT2D eigenvalue weighted by Crippen LogP contribution is 2.22. The van der Waals surface area contributed by atoms with Gasteiger partial charge in [0.1, 0.15) is 5.82 Å². The normalized spacial score (nSPS) is 10.6. The van der Waals surface area contributed by atoms with Gasteiger partial charge in [0.25, 0.3) is 0 Å². The Hall–Kier alpha value is -1.36. The van der Waals surface area contributed by atoms with Gasteiger partial charge < -0.3 is 5.32 Å². The zero-order valence-corrected chi connectivity index (χ0v) is 11.7. The predicted molar refractivity (Wildman–Crippen MR) is 72.7 cm³/mol. The van der Waals surface area contributed by atoms with Crippen LogP contribution in [0.3, 0.4) is 0 Å². The molecule has 0 saturated heterocycles. The Morgan fingerprint density at radius 3 is 2.71 bits per heavy atom. The number of pyridine rings is 1. The Bertz CT molecular complexity index is 533. The first kappa shape index (κ1) is 12.1. The van der Waals surface area contributed by atoms with Crippen LogP contribution in [0.5, 0.6) is 0 Å². The van der Waals surface area contributed by atoms with Crippen molar-refractivity contribution in [3.63, 3.8) is 0 Å². The Balaban J connectivity index is 2.45. The summed E-state index contributed by atoms with van der Waals surface area (Å²) < 4.78 is 2.88. The number of nitrogens with zero attached hydrogens (tertiary/aromatic N) is 3. The van der Waals surface area contributed by atoms with Gasteiger partial charge in [-0.15, -0.1) is 0 Å². The molecule has 2 heterocycles.